The predicted molar refractivity (Wildman–Crippen MR) is 97.2 cm³/mol. The molecule has 3 rings (SSSR count). The van der Waals surface area contributed by atoms with Crippen LogP contribution in [0, 0.1) is 5.41 Å². The SMILES string of the molecule is CC(C)(C)C(n1nc2ccccc2n1)C(C)(C)c1ccc(O)cc1. The Hall–Kier alpha value is -2.36. The monoisotopic (exact) mass is 323 g/mol. The molecule has 0 spiro atoms. The number of rotatable bonds is 3. The molecule has 0 fully saturated rings. The molecule has 4 heteroatoms. The van der Waals surface area contributed by atoms with Crippen LogP contribution in [-0.2, 0) is 5.41 Å². The first-order valence-electron chi connectivity index (χ1n) is 8.31. The Kier molecular flexibility index (Phi) is 3.86. The van der Waals surface area contributed by atoms with Crippen LogP contribution in [0.3, 0.4) is 0 Å². The molecule has 24 heavy (non-hydrogen) atoms. The first-order chi connectivity index (χ1) is 11.2. The molecule has 1 N–H and O–H groups in total. The molecule has 3 aromatic rings. The highest BCUT2D eigenvalue weighted by Crippen LogP contribution is 2.45. The minimum Gasteiger partial charge on any atom is -0.508 e. The molecule has 126 valence electrons. The van der Waals surface area contributed by atoms with Crippen molar-refractivity contribution in [2.24, 2.45) is 5.41 Å². The summed E-state index contributed by atoms with van der Waals surface area (Å²) in [5.41, 5.74) is 2.72. The summed E-state index contributed by atoms with van der Waals surface area (Å²) in [7, 11) is 0. The lowest BCUT2D eigenvalue weighted by atomic mass is 9.68. The van der Waals surface area contributed by atoms with E-state index in [1.807, 2.05) is 41.2 Å². The molecule has 0 saturated heterocycles. The van der Waals surface area contributed by atoms with Gasteiger partial charge in [0.25, 0.3) is 0 Å². The van der Waals surface area contributed by atoms with Gasteiger partial charge in [-0.25, -0.2) is 0 Å². The highest BCUT2D eigenvalue weighted by molar-refractivity contribution is 5.73. The summed E-state index contributed by atoms with van der Waals surface area (Å²) in [6.07, 6.45) is 0. The zero-order valence-corrected chi connectivity index (χ0v) is 15.0. The van der Waals surface area contributed by atoms with Crippen LogP contribution in [0.5, 0.6) is 5.75 Å². The fourth-order valence-corrected chi connectivity index (χ4v) is 3.76. The van der Waals surface area contributed by atoms with Gasteiger partial charge in [-0.3, -0.25) is 0 Å². The van der Waals surface area contributed by atoms with Crippen molar-refractivity contribution in [2.45, 2.75) is 46.1 Å². The molecular weight excluding hydrogens is 298 g/mol. The third-order valence-corrected chi connectivity index (χ3v) is 4.65. The van der Waals surface area contributed by atoms with Crippen LogP contribution in [0.1, 0.15) is 46.2 Å². The van der Waals surface area contributed by atoms with Crippen molar-refractivity contribution < 1.29 is 5.11 Å². The Bertz CT molecular complexity index is 808. The van der Waals surface area contributed by atoms with E-state index in [0.717, 1.165) is 16.6 Å². The highest BCUT2D eigenvalue weighted by Gasteiger charge is 2.42. The summed E-state index contributed by atoms with van der Waals surface area (Å²) in [6, 6.07) is 15.5. The Labute approximate surface area is 143 Å². The lowest BCUT2D eigenvalue weighted by Crippen LogP contribution is -2.41. The smallest absolute Gasteiger partial charge is 0.115 e. The van der Waals surface area contributed by atoms with Crippen LogP contribution in [0.15, 0.2) is 48.5 Å². The maximum atomic E-state index is 9.60. The van der Waals surface area contributed by atoms with Crippen LogP contribution >= 0.6 is 0 Å². The van der Waals surface area contributed by atoms with Gasteiger partial charge < -0.3 is 5.11 Å². The first-order valence-corrected chi connectivity index (χ1v) is 8.31. The molecule has 1 atom stereocenters. The Morgan fingerprint density at radius 2 is 1.33 bits per heavy atom. The largest absolute Gasteiger partial charge is 0.508 e. The van der Waals surface area contributed by atoms with Crippen LogP contribution in [-0.4, -0.2) is 20.1 Å². The van der Waals surface area contributed by atoms with Crippen molar-refractivity contribution in [3.8, 4) is 5.75 Å². The molecule has 0 aliphatic carbocycles. The third-order valence-electron chi connectivity index (χ3n) is 4.65. The zero-order chi connectivity index (χ0) is 17.5. The van der Waals surface area contributed by atoms with E-state index in [4.69, 9.17) is 10.2 Å². The van der Waals surface area contributed by atoms with Gasteiger partial charge in [-0.05, 0) is 35.2 Å². The molecule has 0 amide bonds. The van der Waals surface area contributed by atoms with Crippen molar-refractivity contribution in [3.05, 3.63) is 54.1 Å². The van der Waals surface area contributed by atoms with Gasteiger partial charge in [0.2, 0.25) is 0 Å². The normalized spacial score (nSPS) is 14.0. The van der Waals surface area contributed by atoms with E-state index in [9.17, 15) is 5.11 Å². The number of fused-ring (bicyclic) bond motifs is 1. The van der Waals surface area contributed by atoms with E-state index < -0.39 is 0 Å². The van der Waals surface area contributed by atoms with Gasteiger partial charge in [0, 0.05) is 5.41 Å². The Balaban J connectivity index is 2.14. The average molecular weight is 323 g/mol. The average Bonchev–Trinajstić information content (AvgIpc) is 2.88. The van der Waals surface area contributed by atoms with E-state index in [-0.39, 0.29) is 22.6 Å². The summed E-state index contributed by atoms with van der Waals surface area (Å²) in [5, 5.41) is 19.1. The summed E-state index contributed by atoms with van der Waals surface area (Å²) in [4.78, 5) is 1.87. The summed E-state index contributed by atoms with van der Waals surface area (Å²) in [6.45, 7) is 11.1. The van der Waals surface area contributed by atoms with Crippen molar-refractivity contribution in [1.82, 2.24) is 15.0 Å². The Morgan fingerprint density at radius 3 is 1.79 bits per heavy atom. The molecule has 1 aromatic heterocycles. The van der Waals surface area contributed by atoms with E-state index >= 15 is 0 Å². The van der Waals surface area contributed by atoms with Gasteiger partial charge in [-0.15, -0.1) is 0 Å². The topological polar surface area (TPSA) is 50.9 Å². The second kappa shape index (κ2) is 5.62. The lowest BCUT2D eigenvalue weighted by Gasteiger charge is -2.42. The van der Waals surface area contributed by atoms with E-state index in [1.54, 1.807) is 12.1 Å². The fourth-order valence-electron chi connectivity index (χ4n) is 3.76. The lowest BCUT2D eigenvalue weighted by molar-refractivity contribution is 0.125. The number of benzene rings is 2. The molecule has 0 aliphatic rings. The summed E-state index contributed by atoms with van der Waals surface area (Å²) in [5.74, 6) is 0.282. The van der Waals surface area contributed by atoms with Crippen LogP contribution < -0.4 is 0 Å². The summed E-state index contributed by atoms with van der Waals surface area (Å²) >= 11 is 0. The molecule has 4 nitrogen and oxygen atoms in total. The first kappa shape index (κ1) is 16.5. The molecule has 2 aromatic carbocycles. The molecule has 0 saturated carbocycles. The van der Waals surface area contributed by atoms with Gasteiger partial charge in [0.05, 0.1) is 6.04 Å². The number of nitrogens with zero attached hydrogens (tertiary/aromatic N) is 3. The number of hydrogen-bond donors (Lipinski definition) is 1. The quantitative estimate of drug-likeness (QED) is 0.760. The van der Waals surface area contributed by atoms with Crippen LogP contribution in [0.25, 0.3) is 11.0 Å². The van der Waals surface area contributed by atoms with E-state index in [2.05, 4.69) is 34.6 Å². The minimum absolute atomic E-state index is 0.0452. The number of aromatic nitrogens is 3. The second-order valence-corrected chi connectivity index (χ2v) is 8.05. The van der Waals surface area contributed by atoms with Gasteiger partial charge in [0.15, 0.2) is 0 Å². The van der Waals surface area contributed by atoms with E-state index in [0.29, 0.717) is 0 Å². The maximum Gasteiger partial charge on any atom is 0.115 e. The van der Waals surface area contributed by atoms with Gasteiger partial charge in [-0.2, -0.15) is 15.0 Å². The van der Waals surface area contributed by atoms with Crippen LogP contribution in [0.2, 0.25) is 0 Å². The van der Waals surface area contributed by atoms with Crippen molar-refractivity contribution in [1.29, 1.82) is 0 Å². The van der Waals surface area contributed by atoms with Crippen molar-refractivity contribution >= 4 is 11.0 Å². The molecular formula is C20H25N3O. The maximum absolute atomic E-state index is 9.60. The van der Waals surface area contributed by atoms with Crippen molar-refractivity contribution in [3.63, 3.8) is 0 Å². The number of phenolic OH excluding ortho intramolecular Hbond substituents is 1. The van der Waals surface area contributed by atoms with Gasteiger partial charge in [0.1, 0.15) is 16.8 Å². The number of aromatic hydroxyl groups is 1. The predicted octanol–water partition coefficient (Wildman–Crippen LogP) is 4.70. The van der Waals surface area contributed by atoms with Gasteiger partial charge >= 0.3 is 0 Å². The van der Waals surface area contributed by atoms with Crippen molar-refractivity contribution in [2.75, 3.05) is 0 Å². The molecule has 1 unspecified atom stereocenters. The molecule has 0 bridgehead atoms. The fraction of sp³-hybridized carbons (Fsp3) is 0.400. The zero-order valence-electron chi connectivity index (χ0n) is 15.0. The Morgan fingerprint density at radius 1 is 0.833 bits per heavy atom. The third kappa shape index (κ3) is 2.88. The van der Waals surface area contributed by atoms with Crippen LogP contribution in [0.4, 0.5) is 0 Å². The number of hydrogen-bond acceptors (Lipinski definition) is 3. The van der Waals surface area contributed by atoms with E-state index in [1.165, 1.54) is 0 Å². The number of phenols is 1. The molecule has 0 aliphatic heterocycles. The molecule has 0 radical (unpaired) electrons. The summed E-state index contributed by atoms with van der Waals surface area (Å²) < 4.78 is 0. The standard InChI is InChI=1S/C20H25N3O/c1-19(2,3)18(20(4,5)14-10-12-15(24)13-11-14)23-21-16-8-6-7-9-17(16)22-23/h6-13,18,24H,1-5H3. The second-order valence-electron chi connectivity index (χ2n) is 8.05. The molecule has 1 heterocycles. The minimum atomic E-state index is -0.207. The highest BCUT2D eigenvalue weighted by atomic mass is 16.3. The van der Waals surface area contributed by atoms with Gasteiger partial charge in [-0.1, -0.05) is 58.9 Å².